The van der Waals surface area contributed by atoms with Crippen molar-refractivity contribution in [3.05, 3.63) is 105 Å². The molecule has 1 aromatic heterocycles. The molecular weight excluding hydrogens is 429 g/mol. The van der Waals surface area contributed by atoms with Gasteiger partial charge >= 0.3 is 0 Å². The van der Waals surface area contributed by atoms with Gasteiger partial charge in [-0.25, -0.2) is 9.37 Å². The Kier molecular flexibility index (Phi) is 6.06. The molecule has 1 unspecified atom stereocenters. The number of benzene rings is 3. The van der Waals surface area contributed by atoms with Gasteiger partial charge in [-0.1, -0.05) is 35.9 Å². The lowest BCUT2D eigenvalue weighted by Crippen LogP contribution is -2.37. The van der Waals surface area contributed by atoms with Crippen LogP contribution >= 0.6 is 11.6 Å². The van der Waals surface area contributed by atoms with Gasteiger partial charge in [0.2, 0.25) is 0 Å². The molecule has 0 fully saturated rings. The summed E-state index contributed by atoms with van der Waals surface area (Å²) in [6.45, 7) is 3.89. The minimum atomic E-state index is -0.611. The zero-order valence-electron chi connectivity index (χ0n) is 17.6. The summed E-state index contributed by atoms with van der Waals surface area (Å²) in [4.78, 5) is 32.9. The molecule has 162 valence electrons. The summed E-state index contributed by atoms with van der Waals surface area (Å²) in [6, 6.07) is 19.1. The molecule has 1 amide bonds. The maximum absolute atomic E-state index is 14.3. The quantitative estimate of drug-likeness (QED) is 0.410. The lowest BCUT2D eigenvalue weighted by molar-refractivity contribution is 0.0688. The van der Waals surface area contributed by atoms with Gasteiger partial charge < -0.3 is 4.90 Å². The summed E-state index contributed by atoms with van der Waals surface area (Å²) in [6.07, 6.45) is 0. The summed E-state index contributed by atoms with van der Waals surface area (Å²) in [5, 5.41) is 0.997. The number of para-hydroxylation sites is 1. The van der Waals surface area contributed by atoms with E-state index in [2.05, 4.69) is 0 Å². The zero-order valence-corrected chi connectivity index (χ0v) is 18.4. The fourth-order valence-electron chi connectivity index (χ4n) is 3.79. The van der Waals surface area contributed by atoms with Gasteiger partial charge in [0.1, 0.15) is 11.6 Å². The van der Waals surface area contributed by atoms with Crippen LogP contribution in [0, 0.1) is 5.82 Å². The van der Waals surface area contributed by atoms with Gasteiger partial charge in [0.25, 0.3) is 11.5 Å². The normalized spacial score (nSPS) is 12.0. The van der Waals surface area contributed by atoms with E-state index in [0.717, 1.165) is 0 Å². The smallest absolute Gasteiger partial charge is 0.266 e. The van der Waals surface area contributed by atoms with E-state index in [9.17, 15) is 14.0 Å². The molecule has 0 aliphatic carbocycles. The van der Waals surface area contributed by atoms with E-state index in [1.165, 1.54) is 27.7 Å². The predicted octanol–water partition coefficient (Wildman–Crippen LogP) is 5.40. The second-order valence-corrected chi connectivity index (χ2v) is 7.79. The number of carbonyl (C=O) groups excluding carboxylic acids is 1. The Balaban J connectivity index is 1.91. The van der Waals surface area contributed by atoms with Gasteiger partial charge in [0.05, 0.1) is 28.2 Å². The molecule has 0 aliphatic rings. The van der Waals surface area contributed by atoms with Crippen LogP contribution in [0.3, 0.4) is 0 Å². The Morgan fingerprint density at radius 2 is 1.72 bits per heavy atom. The molecule has 0 N–H and O–H groups in total. The van der Waals surface area contributed by atoms with Crippen LogP contribution in [0.2, 0.25) is 5.02 Å². The van der Waals surface area contributed by atoms with Crippen molar-refractivity contribution >= 4 is 28.4 Å². The number of nitrogens with zero attached hydrogens (tertiary/aromatic N) is 3. The summed E-state index contributed by atoms with van der Waals surface area (Å²) in [7, 11) is 0. The number of hydrogen-bond acceptors (Lipinski definition) is 3. The van der Waals surface area contributed by atoms with E-state index >= 15 is 0 Å². The van der Waals surface area contributed by atoms with Crippen molar-refractivity contribution in [2.24, 2.45) is 0 Å². The van der Waals surface area contributed by atoms with Crippen LogP contribution in [0.1, 0.15) is 36.1 Å². The van der Waals surface area contributed by atoms with E-state index in [0.29, 0.717) is 34.0 Å². The molecule has 4 rings (SSSR count). The molecule has 0 radical (unpaired) electrons. The first kappa shape index (κ1) is 21.7. The number of carbonyl (C=O) groups is 1. The monoisotopic (exact) mass is 449 g/mol. The van der Waals surface area contributed by atoms with Gasteiger partial charge in [-0.3, -0.25) is 14.2 Å². The largest absolute Gasteiger partial charge is 0.329 e. The average Bonchev–Trinajstić information content (AvgIpc) is 2.80. The van der Waals surface area contributed by atoms with Crippen molar-refractivity contribution in [3.63, 3.8) is 0 Å². The number of amides is 1. The molecule has 1 heterocycles. The van der Waals surface area contributed by atoms with E-state index in [1.54, 1.807) is 68.4 Å². The second kappa shape index (κ2) is 8.93. The highest BCUT2D eigenvalue weighted by molar-refractivity contribution is 6.30. The summed E-state index contributed by atoms with van der Waals surface area (Å²) < 4.78 is 15.8. The SMILES string of the molecule is CCN(C(=O)c1ccccc1F)C(C)c1nc2ccccc2c(=O)n1-c1ccc(Cl)cc1. The molecule has 0 saturated carbocycles. The summed E-state index contributed by atoms with van der Waals surface area (Å²) >= 11 is 6.04. The second-order valence-electron chi connectivity index (χ2n) is 7.35. The van der Waals surface area contributed by atoms with Crippen LogP contribution in [-0.4, -0.2) is 26.9 Å². The lowest BCUT2D eigenvalue weighted by Gasteiger charge is -2.29. The van der Waals surface area contributed by atoms with Crippen LogP contribution < -0.4 is 5.56 Å². The number of aromatic nitrogens is 2. The molecule has 3 aromatic carbocycles. The van der Waals surface area contributed by atoms with Crippen molar-refractivity contribution in [1.29, 1.82) is 0 Å². The first-order chi connectivity index (χ1) is 15.4. The van der Waals surface area contributed by atoms with Crippen LogP contribution in [0.15, 0.2) is 77.6 Å². The van der Waals surface area contributed by atoms with E-state index < -0.39 is 17.8 Å². The fraction of sp³-hybridized carbons (Fsp3) is 0.160. The minimum absolute atomic E-state index is 0.0256. The highest BCUT2D eigenvalue weighted by Gasteiger charge is 2.27. The van der Waals surface area contributed by atoms with Gasteiger partial charge in [-0.05, 0) is 62.4 Å². The predicted molar refractivity (Wildman–Crippen MR) is 124 cm³/mol. The van der Waals surface area contributed by atoms with Gasteiger partial charge in [-0.15, -0.1) is 0 Å². The number of rotatable bonds is 5. The molecule has 7 heteroatoms. The van der Waals surface area contributed by atoms with Crippen LogP contribution in [0.25, 0.3) is 16.6 Å². The first-order valence-corrected chi connectivity index (χ1v) is 10.6. The van der Waals surface area contributed by atoms with Crippen molar-refractivity contribution in [3.8, 4) is 5.69 Å². The van der Waals surface area contributed by atoms with Crippen molar-refractivity contribution in [2.45, 2.75) is 19.9 Å². The number of hydrogen-bond donors (Lipinski definition) is 0. The maximum atomic E-state index is 14.3. The lowest BCUT2D eigenvalue weighted by atomic mass is 10.1. The zero-order chi connectivity index (χ0) is 22.8. The Bertz CT molecular complexity index is 1350. The maximum Gasteiger partial charge on any atom is 0.266 e. The number of halogens is 2. The van der Waals surface area contributed by atoms with Gasteiger partial charge in [-0.2, -0.15) is 0 Å². The fourth-order valence-corrected chi connectivity index (χ4v) is 3.92. The van der Waals surface area contributed by atoms with Crippen LogP contribution in [0.5, 0.6) is 0 Å². The number of fused-ring (bicyclic) bond motifs is 1. The molecular formula is C25H21ClFN3O2. The molecule has 4 aromatic rings. The summed E-state index contributed by atoms with van der Waals surface area (Å²) in [5.74, 6) is -0.685. The highest BCUT2D eigenvalue weighted by Crippen LogP contribution is 2.25. The van der Waals surface area contributed by atoms with Crippen LogP contribution in [0.4, 0.5) is 4.39 Å². The van der Waals surface area contributed by atoms with Crippen LogP contribution in [-0.2, 0) is 0 Å². The van der Waals surface area contributed by atoms with E-state index in [4.69, 9.17) is 16.6 Å². The van der Waals surface area contributed by atoms with E-state index in [1.807, 2.05) is 0 Å². The van der Waals surface area contributed by atoms with Gasteiger partial charge in [0, 0.05) is 11.6 Å². The van der Waals surface area contributed by atoms with Crippen molar-refractivity contribution in [1.82, 2.24) is 14.5 Å². The molecule has 32 heavy (non-hydrogen) atoms. The first-order valence-electron chi connectivity index (χ1n) is 10.3. The Morgan fingerprint density at radius 1 is 1.06 bits per heavy atom. The standard InChI is InChI=1S/C25H21ClFN3O2/c1-3-29(24(31)19-8-4-6-10-21(19)27)16(2)23-28-22-11-7-5-9-20(22)25(32)30(23)18-14-12-17(26)13-15-18/h4-16H,3H2,1-2H3. The third kappa shape index (κ3) is 3.89. The molecule has 0 saturated heterocycles. The van der Waals surface area contributed by atoms with Crippen molar-refractivity contribution < 1.29 is 9.18 Å². The highest BCUT2D eigenvalue weighted by atomic mass is 35.5. The molecule has 0 bridgehead atoms. The molecule has 0 spiro atoms. The average molecular weight is 450 g/mol. The third-order valence-electron chi connectivity index (χ3n) is 5.43. The van der Waals surface area contributed by atoms with Crippen molar-refractivity contribution in [2.75, 3.05) is 6.54 Å². The topological polar surface area (TPSA) is 55.2 Å². The third-order valence-corrected chi connectivity index (χ3v) is 5.69. The molecule has 5 nitrogen and oxygen atoms in total. The van der Waals surface area contributed by atoms with E-state index in [-0.39, 0.29) is 11.1 Å². The summed E-state index contributed by atoms with van der Waals surface area (Å²) in [5.41, 5.74) is 0.824. The Labute approximate surface area is 189 Å². The van der Waals surface area contributed by atoms with Gasteiger partial charge in [0.15, 0.2) is 0 Å². The Hall–Kier alpha value is -3.51. The Morgan fingerprint density at radius 3 is 2.41 bits per heavy atom. The molecule has 1 atom stereocenters. The minimum Gasteiger partial charge on any atom is -0.329 e. The molecule has 0 aliphatic heterocycles.